The third kappa shape index (κ3) is 5.57. The highest BCUT2D eigenvalue weighted by atomic mass is 32.1. The zero-order chi connectivity index (χ0) is 21.5. The van der Waals surface area contributed by atoms with E-state index in [9.17, 15) is 4.79 Å². The number of hydrazine groups is 1. The van der Waals surface area contributed by atoms with E-state index in [1.54, 1.807) is 18.0 Å². The number of rotatable bonds is 6. The lowest BCUT2D eigenvalue weighted by molar-refractivity contribution is 0.0944. The van der Waals surface area contributed by atoms with E-state index in [2.05, 4.69) is 21.3 Å². The Morgan fingerprint density at radius 1 is 1.10 bits per heavy atom. The fourth-order valence-corrected chi connectivity index (χ4v) is 3.17. The van der Waals surface area contributed by atoms with Crippen LogP contribution in [0.15, 0.2) is 60.8 Å². The summed E-state index contributed by atoms with van der Waals surface area (Å²) >= 11 is 5.17. The van der Waals surface area contributed by atoms with Crippen LogP contribution < -0.4 is 20.9 Å². The molecule has 0 bridgehead atoms. The van der Waals surface area contributed by atoms with Gasteiger partial charge in [-0.15, -0.1) is 0 Å². The van der Waals surface area contributed by atoms with Crippen molar-refractivity contribution in [2.24, 2.45) is 0 Å². The minimum absolute atomic E-state index is 0.158. The predicted octanol–water partition coefficient (Wildman–Crippen LogP) is 3.12. The number of hydrogen-bond donors (Lipinski definition) is 3. The van der Waals surface area contributed by atoms with Gasteiger partial charge in [-0.05, 0) is 55.9 Å². The van der Waals surface area contributed by atoms with E-state index < -0.39 is 0 Å². The Labute approximate surface area is 181 Å². The molecule has 30 heavy (non-hydrogen) atoms. The van der Waals surface area contributed by atoms with Gasteiger partial charge in [0, 0.05) is 17.8 Å². The number of carbonyl (C=O) groups is 1. The Morgan fingerprint density at radius 2 is 1.80 bits per heavy atom. The van der Waals surface area contributed by atoms with Crippen molar-refractivity contribution in [3.05, 3.63) is 71.9 Å². The van der Waals surface area contributed by atoms with Crippen molar-refractivity contribution in [2.45, 2.75) is 26.4 Å². The van der Waals surface area contributed by atoms with Gasteiger partial charge in [-0.3, -0.25) is 20.3 Å². The number of aromatic nitrogens is 2. The van der Waals surface area contributed by atoms with Gasteiger partial charge in [-0.1, -0.05) is 30.3 Å². The summed E-state index contributed by atoms with van der Waals surface area (Å²) in [4.78, 5) is 12.9. The zero-order valence-corrected chi connectivity index (χ0v) is 18.0. The smallest absolute Gasteiger partial charge is 0.273 e. The number of nitrogens with one attached hydrogen (secondary N) is 3. The second-order valence-corrected chi connectivity index (χ2v) is 7.42. The molecule has 0 atom stereocenters. The van der Waals surface area contributed by atoms with E-state index in [-0.39, 0.29) is 11.9 Å². The van der Waals surface area contributed by atoms with E-state index in [1.807, 2.05) is 68.4 Å². The molecule has 0 aliphatic heterocycles. The van der Waals surface area contributed by atoms with Crippen molar-refractivity contribution in [1.82, 2.24) is 25.9 Å². The minimum Gasteiger partial charge on any atom is -0.497 e. The molecule has 0 unspecified atom stereocenters. The molecule has 0 saturated carbocycles. The van der Waals surface area contributed by atoms with Crippen molar-refractivity contribution < 1.29 is 9.53 Å². The monoisotopic (exact) mass is 423 g/mol. The largest absolute Gasteiger partial charge is 0.497 e. The Hall–Kier alpha value is -3.39. The molecule has 1 amide bonds. The summed E-state index contributed by atoms with van der Waals surface area (Å²) in [6.45, 7) is 4.48. The number of ether oxygens (including phenoxy) is 1. The molecular weight excluding hydrogens is 398 g/mol. The number of carbonyl (C=O) groups excluding carboxylic acids is 1. The highest BCUT2D eigenvalue weighted by molar-refractivity contribution is 7.80. The Balaban J connectivity index is 1.86. The summed E-state index contributed by atoms with van der Waals surface area (Å²) in [5.41, 5.74) is 8.30. The second-order valence-electron chi connectivity index (χ2n) is 7.01. The molecule has 1 heterocycles. The third-order valence-electron chi connectivity index (χ3n) is 4.27. The standard InChI is InChI=1S/C22H25N5O2S/c1-15(2)23-22(30)25-24-21(28)19-14-27(13-16-7-5-4-6-8-16)26-20(19)17-9-11-18(29-3)12-10-17/h4-12,14-15H,13H2,1-3H3,(H,24,28)(H2,23,25,30). The van der Waals surface area contributed by atoms with Crippen molar-refractivity contribution >= 4 is 23.2 Å². The molecule has 0 aliphatic carbocycles. The quantitative estimate of drug-likeness (QED) is 0.418. The molecule has 0 aliphatic rings. The van der Waals surface area contributed by atoms with Crippen LogP contribution in [0, 0.1) is 0 Å². The summed E-state index contributed by atoms with van der Waals surface area (Å²) in [5.74, 6) is 0.410. The first-order valence-corrected chi connectivity index (χ1v) is 9.99. The number of hydrogen-bond acceptors (Lipinski definition) is 4. The van der Waals surface area contributed by atoms with Crippen molar-refractivity contribution in [2.75, 3.05) is 7.11 Å². The molecule has 3 aromatic rings. The van der Waals surface area contributed by atoms with Gasteiger partial charge < -0.3 is 10.1 Å². The molecule has 7 nitrogen and oxygen atoms in total. The molecule has 2 aromatic carbocycles. The van der Waals surface area contributed by atoms with Gasteiger partial charge in [0.05, 0.1) is 19.2 Å². The van der Waals surface area contributed by atoms with Crippen LogP contribution in [0.5, 0.6) is 5.75 Å². The van der Waals surface area contributed by atoms with Gasteiger partial charge in [-0.25, -0.2) is 0 Å². The topological polar surface area (TPSA) is 80.2 Å². The third-order valence-corrected chi connectivity index (χ3v) is 4.49. The highest BCUT2D eigenvalue weighted by Gasteiger charge is 2.18. The Kier molecular flexibility index (Phi) is 7.03. The molecule has 156 valence electrons. The molecular formula is C22H25N5O2S. The average Bonchev–Trinajstić information content (AvgIpc) is 3.16. The van der Waals surface area contributed by atoms with E-state index in [4.69, 9.17) is 17.0 Å². The molecule has 3 N–H and O–H groups in total. The zero-order valence-electron chi connectivity index (χ0n) is 17.2. The Bertz CT molecular complexity index is 1000. The van der Waals surface area contributed by atoms with Crippen LogP contribution >= 0.6 is 12.2 Å². The van der Waals surface area contributed by atoms with Crippen molar-refractivity contribution in [1.29, 1.82) is 0 Å². The number of amides is 1. The van der Waals surface area contributed by atoms with Crippen molar-refractivity contribution in [3.63, 3.8) is 0 Å². The first-order valence-electron chi connectivity index (χ1n) is 9.59. The first kappa shape index (κ1) is 21.3. The van der Waals surface area contributed by atoms with Crippen LogP contribution in [0.25, 0.3) is 11.3 Å². The van der Waals surface area contributed by atoms with Crippen LogP contribution in [0.1, 0.15) is 29.8 Å². The lowest BCUT2D eigenvalue weighted by Gasteiger charge is -2.13. The van der Waals surface area contributed by atoms with Crippen LogP contribution in [-0.4, -0.2) is 34.0 Å². The maximum Gasteiger partial charge on any atom is 0.273 e. The van der Waals surface area contributed by atoms with Gasteiger partial charge in [0.25, 0.3) is 5.91 Å². The summed E-state index contributed by atoms with van der Waals surface area (Å²) in [7, 11) is 1.61. The molecule has 0 saturated heterocycles. The molecule has 0 radical (unpaired) electrons. The highest BCUT2D eigenvalue weighted by Crippen LogP contribution is 2.25. The van der Waals surface area contributed by atoms with Gasteiger partial charge in [0.2, 0.25) is 0 Å². The number of nitrogens with zero attached hydrogens (tertiary/aromatic N) is 2. The molecule has 0 fully saturated rings. The number of thiocarbonyl (C=S) groups is 1. The van der Waals surface area contributed by atoms with Crippen LogP contribution in [0.2, 0.25) is 0 Å². The van der Waals surface area contributed by atoms with E-state index in [0.29, 0.717) is 22.9 Å². The van der Waals surface area contributed by atoms with Gasteiger partial charge in [-0.2, -0.15) is 5.10 Å². The molecule has 8 heteroatoms. The summed E-state index contributed by atoms with van der Waals surface area (Å²) in [6, 6.07) is 17.6. The lowest BCUT2D eigenvalue weighted by atomic mass is 10.1. The van der Waals surface area contributed by atoms with Crippen molar-refractivity contribution in [3.8, 4) is 17.0 Å². The molecule has 3 rings (SSSR count). The van der Waals surface area contributed by atoms with Gasteiger partial charge >= 0.3 is 0 Å². The minimum atomic E-state index is -0.326. The maximum atomic E-state index is 12.9. The Morgan fingerprint density at radius 3 is 2.43 bits per heavy atom. The number of methoxy groups -OCH3 is 1. The second kappa shape index (κ2) is 9.89. The maximum absolute atomic E-state index is 12.9. The van der Waals surface area contributed by atoms with E-state index in [1.165, 1.54) is 0 Å². The SMILES string of the molecule is COc1ccc(-c2nn(Cc3ccccc3)cc2C(=O)NNC(=S)NC(C)C)cc1. The predicted molar refractivity (Wildman–Crippen MR) is 121 cm³/mol. The summed E-state index contributed by atoms with van der Waals surface area (Å²) in [6.07, 6.45) is 1.74. The lowest BCUT2D eigenvalue weighted by Crippen LogP contribution is -2.48. The fraction of sp³-hybridized carbons (Fsp3) is 0.227. The van der Waals surface area contributed by atoms with Gasteiger partial charge in [0.1, 0.15) is 11.4 Å². The first-order chi connectivity index (χ1) is 14.5. The number of benzene rings is 2. The van der Waals surface area contributed by atoms with E-state index in [0.717, 1.165) is 16.9 Å². The summed E-state index contributed by atoms with van der Waals surface area (Å²) in [5, 5.41) is 8.03. The van der Waals surface area contributed by atoms with Crippen LogP contribution in [0.3, 0.4) is 0 Å². The normalized spacial score (nSPS) is 10.5. The summed E-state index contributed by atoms with van der Waals surface area (Å²) < 4.78 is 6.99. The van der Waals surface area contributed by atoms with E-state index >= 15 is 0 Å². The van der Waals surface area contributed by atoms with Gasteiger partial charge in [0.15, 0.2) is 5.11 Å². The fourth-order valence-electron chi connectivity index (χ4n) is 2.88. The molecule has 1 aromatic heterocycles. The van der Waals surface area contributed by atoms with Crippen LogP contribution in [0.4, 0.5) is 0 Å². The molecule has 0 spiro atoms. The average molecular weight is 424 g/mol. The van der Waals surface area contributed by atoms with Crippen LogP contribution in [-0.2, 0) is 6.54 Å².